The number of nitrogens with zero attached hydrogens (tertiary/aromatic N) is 1. The van der Waals surface area contributed by atoms with Crippen molar-refractivity contribution in [2.24, 2.45) is 5.41 Å². The minimum absolute atomic E-state index is 0.143. The maximum atomic E-state index is 11.4. The molecule has 1 saturated heterocycles. The highest BCUT2D eigenvalue weighted by atomic mass is 32.2. The van der Waals surface area contributed by atoms with Gasteiger partial charge in [-0.15, -0.1) is 0 Å². The van der Waals surface area contributed by atoms with Gasteiger partial charge in [-0.3, -0.25) is 9.69 Å². The summed E-state index contributed by atoms with van der Waals surface area (Å²) in [5.74, 6) is 1.01. The van der Waals surface area contributed by atoms with Gasteiger partial charge in [-0.1, -0.05) is 20.8 Å². The smallest absolute Gasteiger partial charge is 0.325 e. The standard InChI is InChI=1S/C11H21NO2S/c1-10(2,3)7-12(4)11(9(13)14)5-6-15-8-11/h5-8H2,1-4H3,(H,13,14). The van der Waals surface area contributed by atoms with Gasteiger partial charge in [-0.25, -0.2) is 0 Å². The minimum atomic E-state index is -0.667. The maximum absolute atomic E-state index is 11.4. The van der Waals surface area contributed by atoms with Crippen LogP contribution in [0.4, 0.5) is 0 Å². The second-order valence-corrected chi connectivity index (χ2v) is 6.66. The van der Waals surface area contributed by atoms with E-state index >= 15 is 0 Å². The van der Waals surface area contributed by atoms with E-state index in [4.69, 9.17) is 0 Å². The topological polar surface area (TPSA) is 40.5 Å². The average molecular weight is 231 g/mol. The van der Waals surface area contributed by atoms with E-state index in [1.165, 1.54) is 0 Å². The van der Waals surface area contributed by atoms with Crippen LogP contribution in [0.1, 0.15) is 27.2 Å². The van der Waals surface area contributed by atoms with E-state index in [2.05, 4.69) is 20.8 Å². The normalized spacial score (nSPS) is 27.3. The van der Waals surface area contributed by atoms with Crippen LogP contribution in [0, 0.1) is 5.41 Å². The third-order valence-electron chi connectivity index (χ3n) is 2.84. The molecule has 1 fully saturated rings. The van der Waals surface area contributed by atoms with Crippen LogP contribution in [-0.4, -0.2) is 46.6 Å². The minimum Gasteiger partial charge on any atom is -0.480 e. The number of aliphatic carboxylic acids is 1. The number of carbonyl (C=O) groups is 1. The molecule has 0 aromatic carbocycles. The third-order valence-corrected chi connectivity index (χ3v) is 4.02. The van der Waals surface area contributed by atoms with Gasteiger partial charge in [0, 0.05) is 12.3 Å². The van der Waals surface area contributed by atoms with Gasteiger partial charge in [-0.05, 0) is 24.6 Å². The summed E-state index contributed by atoms with van der Waals surface area (Å²) in [7, 11) is 1.94. The molecule has 1 heterocycles. The summed E-state index contributed by atoms with van der Waals surface area (Å²) < 4.78 is 0. The third kappa shape index (κ3) is 2.88. The molecule has 0 aliphatic carbocycles. The second-order valence-electron chi connectivity index (χ2n) is 5.56. The van der Waals surface area contributed by atoms with Gasteiger partial charge < -0.3 is 5.11 Å². The van der Waals surface area contributed by atoms with Gasteiger partial charge in [0.15, 0.2) is 0 Å². The quantitative estimate of drug-likeness (QED) is 0.805. The second kappa shape index (κ2) is 4.34. The van der Waals surface area contributed by atoms with Gasteiger partial charge in [0.2, 0.25) is 0 Å². The predicted octanol–water partition coefficient (Wildman–Crippen LogP) is 1.92. The van der Waals surface area contributed by atoms with Crippen molar-refractivity contribution >= 4 is 17.7 Å². The molecule has 0 aromatic heterocycles. The Morgan fingerprint density at radius 2 is 2.13 bits per heavy atom. The lowest BCUT2D eigenvalue weighted by molar-refractivity contribution is -0.149. The highest BCUT2D eigenvalue weighted by Gasteiger charge is 2.46. The molecule has 1 aliphatic rings. The van der Waals surface area contributed by atoms with E-state index in [1.54, 1.807) is 11.8 Å². The van der Waals surface area contributed by atoms with Crippen LogP contribution in [0.3, 0.4) is 0 Å². The van der Waals surface area contributed by atoms with E-state index in [0.717, 1.165) is 24.5 Å². The van der Waals surface area contributed by atoms with Crippen LogP contribution in [0.15, 0.2) is 0 Å². The monoisotopic (exact) mass is 231 g/mol. The van der Waals surface area contributed by atoms with Crippen LogP contribution in [0.2, 0.25) is 0 Å². The molecule has 0 radical (unpaired) electrons. The Morgan fingerprint density at radius 3 is 2.47 bits per heavy atom. The molecule has 0 aromatic rings. The summed E-state index contributed by atoms with van der Waals surface area (Å²) in [6, 6.07) is 0. The number of carboxylic acids is 1. The molecule has 4 heteroatoms. The lowest BCUT2D eigenvalue weighted by Crippen LogP contribution is -2.55. The van der Waals surface area contributed by atoms with Gasteiger partial charge >= 0.3 is 5.97 Å². The lowest BCUT2D eigenvalue weighted by Gasteiger charge is -2.38. The molecular weight excluding hydrogens is 210 g/mol. The molecule has 0 saturated carbocycles. The van der Waals surface area contributed by atoms with Gasteiger partial charge in [0.05, 0.1) is 0 Å². The highest BCUT2D eigenvalue weighted by Crippen LogP contribution is 2.34. The summed E-state index contributed by atoms with van der Waals surface area (Å²) in [5.41, 5.74) is -0.484. The van der Waals surface area contributed by atoms with Crippen molar-refractivity contribution < 1.29 is 9.90 Å². The molecular formula is C11H21NO2S. The van der Waals surface area contributed by atoms with Gasteiger partial charge in [-0.2, -0.15) is 11.8 Å². The first-order chi connectivity index (χ1) is 6.78. The van der Waals surface area contributed by atoms with Crippen molar-refractivity contribution in [1.82, 2.24) is 4.90 Å². The number of hydrogen-bond donors (Lipinski definition) is 1. The number of hydrogen-bond acceptors (Lipinski definition) is 3. The summed E-state index contributed by atoms with van der Waals surface area (Å²) in [5, 5.41) is 9.38. The Balaban J connectivity index is 2.77. The van der Waals surface area contributed by atoms with Crippen LogP contribution in [0.5, 0.6) is 0 Å². The molecule has 1 atom stereocenters. The van der Waals surface area contributed by atoms with E-state index in [9.17, 15) is 9.90 Å². The molecule has 1 aliphatic heterocycles. The van der Waals surface area contributed by atoms with Gasteiger partial charge in [0.1, 0.15) is 5.54 Å². The number of likely N-dealkylation sites (N-methyl/N-ethyl adjacent to an activating group) is 1. The first-order valence-corrected chi connectivity index (χ1v) is 6.46. The summed E-state index contributed by atoms with van der Waals surface area (Å²) in [6.07, 6.45) is 0.763. The Morgan fingerprint density at radius 1 is 1.53 bits per heavy atom. The SMILES string of the molecule is CN(CC(C)(C)C)C1(C(=O)O)CCSC1. The van der Waals surface area contributed by atoms with Crippen LogP contribution >= 0.6 is 11.8 Å². The molecule has 1 rings (SSSR count). The zero-order valence-corrected chi connectivity index (χ0v) is 10.9. The Kier molecular flexibility index (Phi) is 3.71. The molecule has 1 unspecified atom stereocenters. The van der Waals surface area contributed by atoms with Crippen LogP contribution in [0.25, 0.3) is 0 Å². The fourth-order valence-corrected chi connectivity index (χ4v) is 3.50. The van der Waals surface area contributed by atoms with Crippen molar-refractivity contribution in [1.29, 1.82) is 0 Å². The van der Waals surface area contributed by atoms with Crippen LogP contribution < -0.4 is 0 Å². The molecule has 15 heavy (non-hydrogen) atoms. The summed E-state index contributed by atoms with van der Waals surface area (Å²) in [4.78, 5) is 13.4. The zero-order valence-electron chi connectivity index (χ0n) is 10.0. The lowest BCUT2D eigenvalue weighted by atomic mass is 9.91. The molecule has 0 amide bonds. The fourth-order valence-electron chi connectivity index (χ4n) is 2.05. The molecule has 1 N–H and O–H groups in total. The molecule has 88 valence electrons. The maximum Gasteiger partial charge on any atom is 0.325 e. The summed E-state index contributed by atoms with van der Waals surface area (Å²) in [6.45, 7) is 7.24. The van der Waals surface area contributed by atoms with E-state index in [1.807, 2.05) is 11.9 Å². The van der Waals surface area contributed by atoms with Crippen LogP contribution in [-0.2, 0) is 4.79 Å². The van der Waals surface area contributed by atoms with Crippen molar-refractivity contribution in [2.45, 2.75) is 32.7 Å². The number of carboxylic acid groups (broad SMARTS) is 1. The Bertz CT molecular complexity index is 241. The van der Waals surface area contributed by atoms with Crippen molar-refractivity contribution in [3.05, 3.63) is 0 Å². The van der Waals surface area contributed by atoms with E-state index in [0.29, 0.717) is 0 Å². The van der Waals surface area contributed by atoms with Crippen molar-refractivity contribution in [3.8, 4) is 0 Å². The van der Waals surface area contributed by atoms with E-state index in [-0.39, 0.29) is 5.41 Å². The Hall–Kier alpha value is -0.220. The zero-order chi connectivity index (χ0) is 11.7. The number of thioether (sulfide) groups is 1. The number of rotatable bonds is 3. The average Bonchev–Trinajstić information content (AvgIpc) is 2.48. The molecule has 0 spiro atoms. The summed E-state index contributed by atoms with van der Waals surface area (Å²) >= 11 is 1.74. The first kappa shape index (κ1) is 12.8. The fraction of sp³-hybridized carbons (Fsp3) is 0.909. The van der Waals surface area contributed by atoms with Crippen molar-refractivity contribution in [2.75, 3.05) is 25.1 Å². The highest BCUT2D eigenvalue weighted by molar-refractivity contribution is 7.99. The van der Waals surface area contributed by atoms with Crippen molar-refractivity contribution in [3.63, 3.8) is 0 Å². The van der Waals surface area contributed by atoms with Gasteiger partial charge in [0.25, 0.3) is 0 Å². The largest absolute Gasteiger partial charge is 0.480 e. The van der Waals surface area contributed by atoms with E-state index < -0.39 is 11.5 Å². The molecule has 0 bridgehead atoms. The first-order valence-electron chi connectivity index (χ1n) is 5.30. The Labute approximate surface area is 96.2 Å². The molecule has 3 nitrogen and oxygen atoms in total. The predicted molar refractivity (Wildman–Crippen MR) is 64.4 cm³/mol.